The maximum Gasteiger partial charge on any atom is 0.239 e. The minimum Gasteiger partial charge on any atom is -0.467 e. The number of benzene rings is 1. The van der Waals surface area contributed by atoms with Crippen molar-refractivity contribution in [2.45, 2.75) is 25.8 Å². The fourth-order valence-corrected chi connectivity index (χ4v) is 2.84. The quantitative estimate of drug-likeness (QED) is 0.855. The van der Waals surface area contributed by atoms with Crippen LogP contribution in [-0.2, 0) is 9.59 Å². The molecule has 1 aliphatic rings. The van der Waals surface area contributed by atoms with Crippen molar-refractivity contribution in [2.75, 3.05) is 23.3 Å². The highest BCUT2D eigenvalue weighted by Crippen LogP contribution is 2.29. The number of hydrogen-bond acceptors (Lipinski definition) is 4. The van der Waals surface area contributed by atoms with Gasteiger partial charge in [0.05, 0.1) is 30.2 Å². The van der Waals surface area contributed by atoms with E-state index in [-0.39, 0.29) is 24.4 Å². The number of nitrogens with one attached hydrogen (secondary N) is 2. The first-order valence-corrected chi connectivity index (χ1v) is 8.11. The summed E-state index contributed by atoms with van der Waals surface area (Å²) >= 11 is 0. The number of carbonyl (C=O) groups excluding carboxylic acids is 2. The molecule has 0 radical (unpaired) electrons. The Bertz CT molecular complexity index is 712. The average Bonchev–Trinajstić information content (AvgIpc) is 3.25. The number of amides is 2. The Morgan fingerprint density at radius 3 is 2.83 bits per heavy atom. The van der Waals surface area contributed by atoms with Gasteiger partial charge in [-0.1, -0.05) is 12.1 Å². The maximum atomic E-state index is 12.1. The topological polar surface area (TPSA) is 74.6 Å². The molecule has 1 unspecified atom stereocenters. The molecular weight excluding hydrogens is 306 g/mol. The summed E-state index contributed by atoms with van der Waals surface area (Å²) in [7, 11) is 0. The Morgan fingerprint density at radius 2 is 2.12 bits per heavy atom. The highest BCUT2D eigenvalue weighted by atomic mass is 16.3. The molecule has 1 aliphatic heterocycles. The minimum absolute atomic E-state index is 0.125. The molecule has 2 amide bonds. The first-order valence-electron chi connectivity index (χ1n) is 8.11. The second-order valence-corrected chi connectivity index (χ2v) is 5.82. The van der Waals surface area contributed by atoms with E-state index in [1.807, 2.05) is 37.3 Å². The Kier molecular flexibility index (Phi) is 4.84. The van der Waals surface area contributed by atoms with E-state index in [2.05, 4.69) is 10.6 Å². The molecule has 24 heavy (non-hydrogen) atoms. The first-order chi connectivity index (χ1) is 11.6. The molecule has 2 heterocycles. The molecular formula is C18H21N3O3. The molecule has 126 valence electrons. The van der Waals surface area contributed by atoms with Crippen LogP contribution < -0.4 is 15.5 Å². The Balaban J connectivity index is 1.60. The van der Waals surface area contributed by atoms with Crippen LogP contribution in [0.25, 0.3) is 0 Å². The van der Waals surface area contributed by atoms with Crippen molar-refractivity contribution in [1.29, 1.82) is 0 Å². The second-order valence-electron chi connectivity index (χ2n) is 5.82. The van der Waals surface area contributed by atoms with Crippen molar-refractivity contribution in [3.05, 3.63) is 48.4 Å². The number of furan rings is 1. The molecule has 1 saturated heterocycles. The number of hydrogen-bond donors (Lipinski definition) is 2. The molecule has 1 aromatic carbocycles. The molecule has 0 bridgehead atoms. The number of nitrogens with zero attached hydrogens (tertiary/aromatic N) is 1. The van der Waals surface area contributed by atoms with Crippen molar-refractivity contribution >= 4 is 23.2 Å². The summed E-state index contributed by atoms with van der Waals surface area (Å²) in [4.78, 5) is 25.8. The van der Waals surface area contributed by atoms with Gasteiger partial charge >= 0.3 is 0 Å². The van der Waals surface area contributed by atoms with Gasteiger partial charge in [-0.3, -0.25) is 9.59 Å². The van der Waals surface area contributed by atoms with Crippen LogP contribution in [0.2, 0.25) is 0 Å². The van der Waals surface area contributed by atoms with Gasteiger partial charge in [-0.25, -0.2) is 0 Å². The molecule has 0 spiro atoms. The first kappa shape index (κ1) is 16.1. The Morgan fingerprint density at radius 1 is 1.29 bits per heavy atom. The molecule has 6 heteroatoms. The van der Waals surface area contributed by atoms with Gasteiger partial charge in [0.1, 0.15) is 5.76 Å². The number of para-hydroxylation sites is 2. The zero-order chi connectivity index (χ0) is 16.9. The highest BCUT2D eigenvalue weighted by Gasteiger charge is 2.23. The Hall–Kier alpha value is -2.76. The van der Waals surface area contributed by atoms with Gasteiger partial charge in [0, 0.05) is 13.0 Å². The third kappa shape index (κ3) is 3.59. The van der Waals surface area contributed by atoms with Gasteiger partial charge in [-0.2, -0.15) is 0 Å². The molecule has 0 saturated carbocycles. The third-order valence-corrected chi connectivity index (χ3v) is 4.06. The molecule has 2 N–H and O–H groups in total. The molecule has 0 aliphatic carbocycles. The third-order valence-electron chi connectivity index (χ3n) is 4.06. The van der Waals surface area contributed by atoms with Gasteiger partial charge in [0.15, 0.2) is 0 Å². The molecule has 1 fully saturated rings. The van der Waals surface area contributed by atoms with Gasteiger partial charge in [-0.15, -0.1) is 0 Å². The average molecular weight is 327 g/mol. The predicted molar refractivity (Wildman–Crippen MR) is 91.8 cm³/mol. The summed E-state index contributed by atoms with van der Waals surface area (Å²) in [5.74, 6) is 0.702. The van der Waals surface area contributed by atoms with E-state index in [1.54, 1.807) is 17.2 Å². The summed E-state index contributed by atoms with van der Waals surface area (Å²) in [6.45, 7) is 2.72. The minimum atomic E-state index is -0.190. The van der Waals surface area contributed by atoms with Crippen LogP contribution >= 0.6 is 0 Å². The SMILES string of the molecule is CC(NC(=O)CNc1ccccc1N1CCCC1=O)c1ccco1. The van der Waals surface area contributed by atoms with Gasteiger partial charge < -0.3 is 20.0 Å². The summed E-state index contributed by atoms with van der Waals surface area (Å²) < 4.78 is 5.28. The van der Waals surface area contributed by atoms with Crippen molar-refractivity contribution < 1.29 is 14.0 Å². The van der Waals surface area contributed by atoms with E-state index in [4.69, 9.17) is 4.42 Å². The lowest BCUT2D eigenvalue weighted by Gasteiger charge is -2.20. The molecule has 6 nitrogen and oxygen atoms in total. The van der Waals surface area contributed by atoms with E-state index < -0.39 is 0 Å². The van der Waals surface area contributed by atoms with E-state index in [9.17, 15) is 9.59 Å². The fraction of sp³-hybridized carbons (Fsp3) is 0.333. The smallest absolute Gasteiger partial charge is 0.239 e. The van der Waals surface area contributed by atoms with Crippen molar-refractivity contribution in [3.8, 4) is 0 Å². The molecule has 1 aromatic heterocycles. The lowest BCUT2D eigenvalue weighted by atomic mass is 10.2. The summed E-state index contributed by atoms with van der Waals surface area (Å²) in [6, 6.07) is 11.0. The van der Waals surface area contributed by atoms with Crippen molar-refractivity contribution in [2.24, 2.45) is 0 Å². The molecule has 2 aromatic rings. The largest absolute Gasteiger partial charge is 0.467 e. The summed E-state index contributed by atoms with van der Waals surface area (Å²) in [5, 5.41) is 6.00. The second kappa shape index (κ2) is 7.21. The molecule has 3 rings (SSSR count). The van der Waals surface area contributed by atoms with E-state index >= 15 is 0 Å². The van der Waals surface area contributed by atoms with E-state index in [0.717, 1.165) is 24.3 Å². The van der Waals surface area contributed by atoms with E-state index in [1.165, 1.54) is 0 Å². The fourth-order valence-electron chi connectivity index (χ4n) is 2.84. The summed E-state index contributed by atoms with van der Waals surface area (Å²) in [6.07, 6.45) is 3.03. The normalized spacial score (nSPS) is 15.4. The van der Waals surface area contributed by atoms with Crippen molar-refractivity contribution in [1.82, 2.24) is 5.32 Å². The lowest BCUT2D eigenvalue weighted by molar-refractivity contribution is -0.120. The van der Waals surface area contributed by atoms with Crippen molar-refractivity contribution in [3.63, 3.8) is 0 Å². The van der Waals surface area contributed by atoms with Crippen LogP contribution in [0.4, 0.5) is 11.4 Å². The standard InChI is InChI=1S/C18H21N3O3/c1-13(16-8-5-11-24-16)20-17(22)12-19-14-6-2-3-7-15(14)21-10-4-9-18(21)23/h2-3,5-8,11,13,19H,4,9-10,12H2,1H3,(H,20,22). The van der Waals surface area contributed by atoms with E-state index in [0.29, 0.717) is 12.2 Å². The summed E-state index contributed by atoms with van der Waals surface area (Å²) in [5.41, 5.74) is 1.61. The number of anilines is 2. The van der Waals surface area contributed by atoms with Crippen LogP contribution in [0.3, 0.4) is 0 Å². The van der Waals surface area contributed by atoms with Crippen LogP contribution in [0.5, 0.6) is 0 Å². The Labute approximate surface area is 140 Å². The lowest BCUT2D eigenvalue weighted by Crippen LogP contribution is -2.32. The van der Waals surface area contributed by atoms with Crippen LogP contribution in [0, 0.1) is 0 Å². The van der Waals surface area contributed by atoms with Crippen LogP contribution in [0.15, 0.2) is 47.1 Å². The van der Waals surface area contributed by atoms with Crippen LogP contribution in [0.1, 0.15) is 31.6 Å². The van der Waals surface area contributed by atoms with Gasteiger partial charge in [-0.05, 0) is 37.6 Å². The number of rotatable bonds is 6. The van der Waals surface area contributed by atoms with Crippen LogP contribution in [-0.4, -0.2) is 24.9 Å². The number of carbonyl (C=O) groups is 2. The zero-order valence-corrected chi connectivity index (χ0v) is 13.6. The maximum absolute atomic E-state index is 12.1. The predicted octanol–water partition coefficient (Wildman–Crippen LogP) is 2.70. The monoisotopic (exact) mass is 327 g/mol. The zero-order valence-electron chi connectivity index (χ0n) is 13.6. The molecule has 1 atom stereocenters. The van der Waals surface area contributed by atoms with Gasteiger partial charge in [0.2, 0.25) is 11.8 Å². The highest BCUT2D eigenvalue weighted by molar-refractivity contribution is 5.98. The van der Waals surface area contributed by atoms with Gasteiger partial charge in [0.25, 0.3) is 0 Å².